The molecule has 0 aliphatic heterocycles. The van der Waals surface area contributed by atoms with E-state index in [1.807, 2.05) is 6.07 Å². The van der Waals surface area contributed by atoms with E-state index >= 15 is 0 Å². The Morgan fingerprint density at radius 1 is 1.50 bits per heavy atom. The van der Waals surface area contributed by atoms with E-state index in [-0.39, 0.29) is 5.75 Å². The van der Waals surface area contributed by atoms with Crippen LogP contribution in [-0.4, -0.2) is 42.5 Å². The summed E-state index contributed by atoms with van der Waals surface area (Å²) in [6.07, 6.45) is 0. The first-order chi connectivity index (χ1) is 9.63. The number of ether oxygens (including phenoxy) is 1. The van der Waals surface area contributed by atoms with Gasteiger partial charge in [-0.15, -0.1) is 11.8 Å². The highest BCUT2D eigenvalue weighted by molar-refractivity contribution is 7.99. The molecule has 0 fully saturated rings. The number of nitriles is 1. The van der Waals surface area contributed by atoms with E-state index in [2.05, 4.69) is 10.1 Å². The van der Waals surface area contributed by atoms with Crippen LogP contribution in [0.1, 0.15) is 10.4 Å². The average molecular weight is 294 g/mol. The number of methoxy groups -OCH3 is 1. The van der Waals surface area contributed by atoms with Crippen LogP contribution in [0.5, 0.6) is 0 Å². The number of hydrogen-bond donors (Lipinski definition) is 2. The van der Waals surface area contributed by atoms with Crippen LogP contribution in [0.25, 0.3) is 0 Å². The highest BCUT2D eigenvalue weighted by Crippen LogP contribution is 2.22. The number of aliphatic hydroxyl groups excluding tert-OH is 1. The molecular formula is C13H14N2O4S. The number of esters is 1. The Morgan fingerprint density at radius 3 is 2.80 bits per heavy atom. The van der Waals surface area contributed by atoms with Crippen molar-refractivity contribution in [2.75, 3.05) is 19.5 Å². The largest absolute Gasteiger partial charge is 0.467 e. The summed E-state index contributed by atoms with van der Waals surface area (Å²) in [5, 5.41) is 20.0. The second-order valence-electron chi connectivity index (χ2n) is 3.67. The topological polar surface area (TPSA) is 99.4 Å². The van der Waals surface area contributed by atoms with Crippen LogP contribution in [-0.2, 0) is 9.53 Å². The van der Waals surface area contributed by atoms with Crippen molar-refractivity contribution in [2.45, 2.75) is 10.9 Å². The van der Waals surface area contributed by atoms with Crippen molar-refractivity contribution in [1.82, 2.24) is 5.32 Å². The third-order valence-corrected chi connectivity index (χ3v) is 3.34. The lowest BCUT2D eigenvalue weighted by molar-refractivity contribution is -0.143. The molecule has 7 heteroatoms. The first-order valence-corrected chi connectivity index (χ1v) is 6.71. The number of aliphatic hydroxyl groups is 1. The maximum Gasteiger partial charge on any atom is 0.330 e. The van der Waals surface area contributed by atoms with Crippen molar-refractivity contribution in [3.63, 3.8) is 0 Å². The Bertz CT molecular complexity index is 527. The van der Waals surface area contributed by atoms with Crippen LogP contribution >= 0.6 is 11.8 Å². The molecule has 2 N–H and O–H groups in total. The van der Waals surface area contributed by atoms with Gasteiger partial charge in [0.2, 0.25) is 0 Å². The van der Waals surface area contributed by atoms with E-state index < -0.39 is 24.5 Å². The summed E-state index contributed by atoms with van der Waals surface area (Å²) < 4.78 is 4.47. The van der Waals surface area contributed by atoms with Crippen molar-refractivity contribution >= 4 is 23.6 Å². The quantitative estimate of drug-likeness (QED) is 0.587. The monoisotopic (exact) mass is 294 g/mol. The molecule has 0 bridgehead atoms. The van der Waals surface area contributed by atoms with Gasteiger partial charge in [-0.05, 0) is 12.1 Å². The third-order valence-electron chi connectivity index (χ3n) is 2.40. The number of nitrogens with zero attached hydrogens (tertiary/aromatic N) is 1. The van der Waals surface area contributed by atoms with Gasteiger partial charge in [-0.2, -0.15) is 5.26 Å². The highest BCUT2D eigenvalue weighted by atomic mass is 32.2. The van der Waals surface area contributed by atoms with Crippen LogP contribution in [0.4, 0.5) is 0 Å². The van der Waals surface area contributed by atoms with Gasteiger partial charge in [0.15, 0.2) is 6.04 Å². The zero-order chi connectivity index (χ0) is 15.0. The summed E-state index contributed by atoms with van der Waals surface area (Å²) >= 11 is 1.22. The van der Waals surface area contributed by atoms with Gasteiger partial charge in [0.25, 0.3) is 5.91 Å². The zero-order valence-corrected chi connectivity index (χ0v) is 11.6. The maximum atomic E-state index is 12.1. The van der Waals surface area contributed by atoms with Crippen molar-refractivity contribution < 1.29 is 19.4 Å². The van der Waals surface area contributed by atoms with E-state index in [9.17, 15) is 9.59 Å². The van der Waals surface area contributed by atoms with Crippen LogP contribution in [0, 0.1) is 11.3 Å². The SMILES string of the molecule is COC(=O)C(CO)NC(=O)c1ccccc1SCC#N. The van der Waals surface area contributed by atoms with Crippen molar-refractivity contribution in [3.05, 3.63) is 29.8 Å². The van der Waals surface area contributed by atoms with Crippen molar-refractivity contribution in [2.24, 2.45) is 0 Å². The molecule has 0 radical (unpaired) electrons. The lowest BCUT2D eigenvalue weighted by atomic mass is 10.2. The van der Waals surface area contributed by atoms with E-state index in [1.54, 1.807) is 24.3 Å². The van der Waals surface area contributed by atoms with E-state index in [1.165, 1.54) is 18.9 Å². The molecule has 1 atom stereocenters. The van der Waals surface area contributed by atoms with Gasteiger partial charge in [0, 0.05) is 4.90 Å². The van der Waals surface area contributed by atoms with Crippen LogP contribution in [0.3, 0.4) is 0 Å². The number of carbonyl (C=O) groups is 2. The summed E-state index contributed by atoms with van der Waals surface area (Å²) in [5.41, 5.74) is 0.343. The van der Waals surface area contributed by atoms with Gasteiger partial charge in [0.05, 0.1) is 31.1 Å². The van der Waals surface area contributed by atoms with E-state index in [0.29, 0.717) is 10.5 Å². The van der Waals surface area contributed by atoms with Gasteiger partial charge in [-0.3, -0.25) is 4.79 Å². The van der Waals surface area contributed by atoms with Crippen molar-refractivity contribution in [3.8, 4) is 6.07 Å². The molecule has 1 unspecified atom stereocenters. The summed E-state index contributed by atoms with van der Waals surface area (Å²) in [6.45, 7) is -0.550. The number of thioether (sulfide) groups is 1. The number of hydrogen-bond acceptors (Lipinski definition) is 6. The lowest BCUT2D eigenvalue weighted by Gasteiger charge is -2.15. The fourth-order valence-corrected chi connectivity index (χ4v) is 2.16. The summed E-state index contributed by atoms with van der Waals surface area (Å²) in [7, 11) is 1.17. The third kappa shape index (κ3) is 4.26. The average Bonchev–Trinajstić information content (AvgIpc) is 2.49. The Hall–Kier alpha value is -2.04. The van der Waals surface area contributed by atoms with Crippen LogP contribution in [0.2, 0.25) is 0 Å². The number of amides is 1. The Morgan fingerprint density at radius 2 is 2.20 bits per heavy atom. The molecule has 1 aromatic rings. The molecule has 0 heterocycles. The van der Waals surface area contributed by atoms with Gasteiger partial charge >= 0.3 is 5.97 Å². The first-order valence-electron chi connectivity index (χ1n) is 5.72. The molecule has 0 aliphatic rings. The molecule has 20 heavy (non-hydrogen) atoms. The van der Waals surface area contributed by atoms with E-state index in [0.717, 1.165) is 0 Å². The minimum absolute atomic E-state index is 0.213. The number of carbonyl (C=O) groups excluding carboxylic acids is 2. The molecule has 0 aliphatic carbocycles. The van der Waals surface area contributed by atoms with Gasteiger partial charge < -0.3 is 15.2 Å². The maximum absolute atomic E-state index is 12.1. The van der Waals surface area contributed by atoms with Gasteiger partial charge in [-0.25, -0.2) is 4.79 Å². The molecule has 0 saturated heterocycles. The molecule has 6 nitrogen and oxygen atoms in total. The highest BCUT2D eigenvalue weighted by Gasteiger charge is 2.22. The summed E-state index contributed by atoms with van der Waals surface area (Å²) in [6, 6.07) is 7.59. The summed E-state index contributed by atoms with van der Waals surface area (Å²) in [4.78, 5) is 24.0. The fourth-order valence-electron chi connectivity index (χ4n) is 1.45. The number of rotatable bonds is 6. The standard InChI is InChI=1S/C13H14N2O4S/c1-19-13(18)10(8-16)15-12(17)9-4-2-3-5-11(9)20-7-6-14/h2-5,10,16H,7-8H2,1H3,(H,15,17). The van der Waals surface area contributed by atoms with Crippen molar-refractivity contribution in [1.29, 1.82) is 5.26 Å². The Balaban J connectivity index is 2.86. The molecule has 1 rings (SSSR count). The molecule has 0 spiro atoms. The Kier molecular flexibility index (Phi) is 6.56. The molecule has 106 valence electrons. The molecule has 1 amide bonds. The zero-order valence-electron chi connectivity index (χ0n) is 10.8. The van der Waals surface area contributed by atoms with Gasteiger partial charge in [0.1, 0.15) is 0 Å². The van der Waals surface area contributed by atoms with E-state index in [4.69, 9.17) is 10.4 Å². The summed E-state index contributed by atoms with van der Waals surface area (Å²) in [5.74, 6) is -1.01. The molecule has 0 saturated carbocycles. The predicted molar refractivity (Wildman–Crippen MR) is 73.1 cm³/mol. The number of benzene rings is 1. The first kappa shape index (κ1) is 16.0. The second-order valence-corrected chi connectivity index (χ2v) is 4.69. The van der Waals surface area contributed by atoms with Crippen LogP contribution in [0.15, 0.2) is 29.2 Å². The molecule has 1 aromatic carbocycles. The number of nitrogens with one attached hydrogen (secondary N) is 1. The van der Waals surface area contributed by atoms with Gasteiger partial charge in [-0.1, -0.05) is 12.1 Å². The smallest absolute Gasteiger partial charge is 0.330 e. The Labute approximate surface area is 120 Å². The minimum Gasteiger partial charge on any atom is -0.467 e. The minimum atomic E-state index is -1.11. The molecular weight excluding hydrogens is 280 g/mol. The molecule has 0 aromatic heterocycles. The normalized spacial score (nSPS) is 11.2. The predicted octanol–water partition coefficient (Wildman–Crippen LogP) is 0.566. The second kappa shape index (κ2) is 8.19. The van der Waals surface area contributed by atoms with Crippen LogP contribution < -0.4 is 5.32 Å². The lowest BCUT2D eigenvalue weighted by Crippen LogP contribution is -2.44. The fraction of sp³-hybridized carbons (Fsp3) is 0.308.